The van der Waals surface area contributed by atoms with E-state index in [2.05, 4.69) is 6.58 Å². The van der Waals surface area contributed by atoms with Gasteiger partial charge in [-0.1, -0.05) is 6.58 Å². The summed E-state index contributed by atoms with van der Waals surface area (Å²) in [5, 5.41) is 0. The molecule has 0 bridgehead atoms. The molecule has 5 nitrogen and oxygen atoms in total. The van der Waals surface area contributed by atoms with Gasteiger partial charge < -0.3 is 0 Å². The Kier molecular flexibility index (Phi) is 1.72. The first kappa shape index (κ1) is 8.45. The Morgan fingerprint density at radius 3 is 1.67 bits per heavy atom. The topological polar surface area (TPSA) is 57.7 Å². The maximum Gasteiger partial charge on any atom is 0.333 e. The first-order chi connectivity index (χ1) is 5.46. The van der Waals surface area contributed by atoms with E-state index in [-0.39, 0.29) is 5.57 Å². The van der Waals surface area contributed by atoms with Crippen molar-refractivity contribution in [2.75, 3.05) is 14.1 Å². The second kappa shape index (κ2) is 2.44. The van der Waals surface area contributed by atoms with Crippen molar-refractivity contribution in [2.45, 2.75) is 0 Å². The molecular formula is C7H8N2O3. The van der Waals surface area contributed by atoms with Crippen LogP contribution in [0.5, 0.6) is 0 Å². The van der Waals surface area contributed by atoms with E-state index >= 15 is 0 Å². The molecule has 1 saturated heterocycles. The van der Waals surface area contributed by atoms with Crippen LogP contribution < -0.4 is 0 Å². The molecule has 1 aliphatic heterocycles. The molecule has 1 fully saturated rings. The largest absolute Gasteiger partial charge is 0.333 e. The molecule has 12 heavy (non-hydrogen) atoms. The van der Waals surface area contributed by atoms with Crippen LogP contribution in [-0.2, 0) is 9.59 Å². The second-order valence-corrected chi connectivity index (χ2v) is 2.49. The summed E-state index contributed by atoms with van der Waals surface area (Å²) in [5.74, 6) is -1.27. The standard InChI is InChI=1S/C7H8N2O3/c1-4-5(10)8(2)7(12)9(3)6(4)11/h1H2,2-3H3. The Balaban J connectivity index is 3.07. The summed E-state index contributed by atoms with van der Waals surface area (Å²) in [6.07, 6.45) is 0. The van der Waals surface area contributed by atoms with Crippen molar-refractivity contribution < 1.29 is 14.4 Å². The molecule has 4 amide bonds. The molecule has 0 unspecified atom stereocenters. The number of carbonyl (C=O) groups excluding carboxylic acids is 3. The minimum Gasteiger partial charge on any atom is -0.268 e. The normalized spacial score (nSPS) is 19.2. The van der Waals surface area contributed by atoms with Crippen LogP contribution in [0.15, 0.2) is 12.2 Å². The Morgan fingerprint density at radius 2 is 1.33 bits per heavy atom. The van der Waals surface area contributed by atoms with Gasteiger partial charge in [-0.2, -0.15) is 0 Å². The van der Waals surface area contributed by atoms with Crippen molar-refractivity contribution in [3.05, 3.63) is 12.2 Å². The number of rotatable bonds is 0. The third kappa shape index (κ3) is 0.903. The van der Waals surface area contributed by atoms with Crippen molar-refractivity contribution in [3.8, 4) is 0 Å². The first-order valence-electron chi connectivity index (χ1n) is 3.25. The van der Waals surface area contributed by atoms with Crippen LogP contribution in [0.3, 0.4) is 0 Å². The number of hydrogen-bond donors (Lipinski definition) is 0. The third-order valence-electron chi connectivity index (χ3n) is 1.70. The molecule has 1 heterocycles. The maximum atomic E-state index is 11.1. The average Bonchev–Trinajstić information content (AvgIpc) is 2.08. The Morgan fingerprint density at radius 1 is 1.00 bits per heavy atom. The van der Waals surface area contributed by atoms with Crippen LogP contribution in [0.25, 0.3) is 0 Å². The number of amides is 4. The summed E-state index contributed by atoms with van der Waals surface area (Å²) in [5.41, 5.74) is -0.181. The molecule has 0 atom stereocenters. The van der Waals surface area contributed by atoms with E-state index in [1.165, 1.54) is 14.1 Å². The highest BCUT2D eigenvalue weighted by atomic mass is 16.2. The molecule has 0 spiro atoms. The summed E-state index contributed by atoms with van der Waals surface area (Å²) in [6, 6.07) is -0.627. The van der Waals surface area contributed by atoms with Gasteiger partial charge in [0.2, 0.25) is 0 Å². The van der Waals surface area contributed by atoms with Gasteiger partial charge in [0, 0.05) is 14.1 Å². The fourth-order valence-corrected chi connectivity index (χ4v) is 0.895. The first-order valence-corrected chi connectivity index (χ1v) is 3.25. The number of hydrogen-bond acceptors (Lipinski definition) is 3. The van der Waals surface area contributed by atoms with Gasteiger partial charge in [0.05, 0.1) is 5.57 Å². The zero-order valence-corrected chi connectivity index (χ0v) is 6.83. The summed E-state index contributed by atoms with van der Waals surface area (Å²) in [6.45, 7) is 3.28. The van der Waals surface area contributed by atoms with E-state index in [1.807, 2.05) is 0 Å². The summed E-state index contributed by atoms with van der Waals surface area (Å²) in [4.78, 5) is 34.9. The van der Waals surface area contributed by atoms with Gasteiger partial charge in [-0.05, 0) is 0 Å². The number of imide groups is 2. The van der Waals surface area contributed by atoms with Crippen molar-refractivity contribution >= 4 is 17.8 Å². The lowest BCUT2D eigenvalue weighted by Gasteiger charge is -2.28. The summed E-state index contributed by atoms with van der Waals surface area (Å²) >= 11 is 0. The highest BCUT2D eigenvalue weighted by Gasteiger charge is 2.36. The van der Waals surface area contributed by atoms with Gasteiger partial charge >= 0.3 is 6.03 Å². The minimum absolute atomic E-state index is 0.181. The number of carbonyl (C=O) groups is 3. The van der Waals surface area contributed by atoms with Gasteiger partial charge in [0.25, 0.3) is 11.8 Å². The highest BCUT2D eigenvalue weighted by molar-refractivity contribution is 6.28. The van der Waals surface area contributed by atoms with Crippen molar-refractivity contribution in [2.24, 2.45) is 0 Å². The SMILES string of the molecule is C=C1C(=O)N(C)C(=O)N(C)C1=O. The van der Waals surface area contributed by atoms with E-state index in [0.29, 0.717) is 0 Å². The van der Waals surface area contributed by atoms with Crippen LogP contribution in [-0.4, -0.2) is 41.7 Å². The fraction of sp³-hybridized carbons (Fsp3) is 0.286. The van der Waals surface area contributed by atoms with Crippen LogP contribution >= 0.6 is 0 Å². The van der Waals surface area contributed by atoms with Gasteiger partial charge in [-0.25, -0.2) is 4.79 Å². The molecule has 0 aromatic heterocycles. The van der Waals surface area contributed by atoms with Crippen molar-refractivity contribution in [1.82, 2.24) is 9.80 Å². The Hall–Kier alpha value is -1.65. The molecule has 1 aliphatic rings. The second-order valence-electron chi connectivity index (χ2n) is 2.49. The maximum absolute atomic E-state index is 11.1. The van der Waals surface area contributed by atoms with E-state index in [9.17, 15) is 14.4 Å². The zero-order valence-electron chi connectivity index (χ0n) is 6.83. The predicted octanol–water partition coefficient (Wildman–Crippen LogP) is -0.407. The molecule has 0 aromatic carbocycles. The Bertz CT molecular complexity index is 269. The summed E-state index contributed by atoms with van der Waals surface area (Å²) < 4.78 is 0. The minimum atomic E-state index is -0.636. The van der Waals surface area contributed by atoms with Crippen molar-refractivity contribution in [3.63, 3.8) is 0 Å². The summed E-state index contributed by atoms with van der Waals surface area (Å²) in [7, 11) is 2.61. The average molecular weight is 168 g/mol. The van der Waals surface area contributed by atoms with Gasteiger partial charge in [0.15, 0.2) is 0 Å². The molecular weight excluding hydrogens is 160 g/mol. The fourth-order valence-electron chi connectivity index (χ4n) is 0.895. The van der Waals surface area contributed by atoms with E-state index in [1.54, 1.807) is 0 Å². The smallest absolute Gasteiger partial charge is 0.268 e. The van der Waals surface area contributed by atoms with Crippen molar-refractivity contribution in [1.29, 1.82) is 0 Å². The quantitative estimate of drug-likeness (QED) is 0.365. The van der Waals surface area contributed by atoms with Crippen LogP contribution in [0.2, 0.25) is 0 Å². The molecule has 0 aromatic rings. The van der Waals surface area contributed by atoms with Crippen LogP contribution in [0.1, 0.15) is 0 Å². The molecule has 5 heteroatoms. The molecule has 0 N–H and O–H groups in total. The number of likely N-dealkylation sites (N-methyl/N-ethyl adjacent to an activating group) is 2. The molecule has 1 rings (SSSR count). The Labute approximate surface area is 69.2 Å². The lowest BCUT2D eigenvalue weighted by atomic mass is 10.2. The third-order valence-corrected chi connectivity index (χ3v) is 1.70. The van der Waals surface area contributed by atoms with Gasteiger partial charge in [-0.3, -0.25) is 19.4 Å². The van der Waals surface area contributed by atoms with E-state index in [4.69, 9.17) is 0 Å². The van der Waals surface area contributed by atoms with E-state index in [0.717, 1.165) is 9.80 Å². The molecule has 0 radical (unpaired) electrons. The van der Waals surface area contributed by atoms with E-state index < -0.39 is 17.8 Å². The lowest BCUT2D eigenvalue weighted by molar-refractivity contribution is -0.134. The lowest BCUT2D eigenvalue weighted by Crippen LogP contribution is -2.52. The van der Waals surface area contributed by atoms with Crippen LogP contribution in [0, 0.1) is 0 Å². The zero-order chi connectivity index (χ0) is 9.46. The van der Waals surface area contributed by atoms with Crippen LogP contribution in [0.4, 0.5) is 4.79 Å². The van der Waals surface area contributed by atoms with Gasteiger partial charge in [-0.15, -0.1) is 0 Å². The number of urea groups is 1. The molecule has 0 saturated carbocycles. The number of barbiturate groups is 1. The molecule has 64 valence electrons. The number of nitrogens with zero attached hydrogens (tertiary/aromatic N) is 2. The molecule has 0 aliphatic carbocycles. The predicted molar refractivity (Wildman–Crippen MR) is 40.1 cm³/mol. The highest BCUT2D eigenvalue weighted by Crippen LogP contribution is 2.11. The monoisotopic (exact) mass is 168 g/mol. The van der Waals surface area contributed by atoms with Gasteiger partial charge in [0.1, 0.15) is 0 Å².